The maximum absolute atomic E-state index is 12.2. The third-order valence-corrected chi connectivity index (χ3v) is 6.99. The van der Waals surface area contributed by atoms with Gasteiger partial charge in [-0.2, -0.15) is 0 Å². The van der Waals surface area contributed by atoms with E-state index in [1.165, 1.54) is 0 Å². The fourth-order valence-electron chi connectivity index (χ4n) is 2.74. The fourth-order valence-corrected chi connectivity index (χ4v) is 4.39. The second-order valence-corrected chi connectivity index (χ2v) is 9.86. The third-order valence-electron chi connectivity index (χ3n) is 4.66. The third kappa shape index (κ3) is 7.36. The normalized spacial score (nSPS) is 14.8. The summed E-state index contributed by atoms with van der Waals surface area (Å²) >= 11 is 11.9. The number of rotatable bonds is 11. The number of amides is 1. The first-order valence-corrected chi connectivity index (χ1v) is 12.1. The molecule has 1 aliphatic carbocycles. The molecule has 1 fully saturated rings. The van der Waals surface area contributed by atoms with Gasteiger partial charge in [-0.1, -0.05) is 41.4 Å². The van der Waals surface area contributed by atoms with Gasteiger partial charge in [0.2, 0.25) is 15.9 Å². The molecule has 0 spiro atoms. The number of aliphatic hydroxyl groups excluding tert-OH is 1. The van der Waals surface area contributed by atoms with Gasteiger partial charge in [-0.15, -0.1) is 0 Å². The minimum absolute atomic E-state index is 0.0288. The molecule has 0 aromatic heterocycles. The zero-order chi connectivity index (χ0) is 22.4. The van der Waals surface area contributed by atoms with Crippen molar-refractivity contribution >= 4 is 39.1 Å². The van der Waals surface area contributed by atoms with Crippen molar-refractivity contribution in [3.63, 3.8) is 0 Å². The molecule has 2 aromatic carbocycles. The Morgan fingerprint density at radius 3 is 2.55 bits per heavy atom. The summed E-state index contributed by atoms with van der Waals surface area (Å²) in [5, 5.41) is 13.3. The fraction of sp³-hybridized carbons (Fsp3) is 0.381. The number of ether oxygens (including phenoxy) is 1. The largest absolute Gasteiger partial charge is 0.489 e. The Labute approximate surface area is 191 Å². The number of halogens is 2. The summed E-state index contributed by atoms with van der Waals surface area (Å²) in [6.45, 7) is -0.0216. The van der Waals surface area contributed by atoms with Crippen molar-refractivity contribution in [1.82, 2.24) is 10.0 Å². The summed E-state index contributed by atoms with van der Waals surface area (Å²) in [6, 6.07) is 11.5. The van der Waals surface area contributed by atoms with Gasteiger partial charge < -0.3 is 15.2 Å². The maximum Gasteiger partial charge on any atom is 0.240 e. The Balaban J connectivity index is 1.38. The van der Waals surface area contributed by atoms with Crippen LogP contribution in [0.5, 0.6) is 5.75 Å². The summed E-state index contributed by atoms with van der Waals surface area (Å²) in [5.74, 6) is 0.129. The number of hydrogen-bond acceptors (Lipinski definition) is 5. The molecule has 0 bridgehead atoms. The summed E-state index contributed by atoms with van der Waals surface area (Å²) < 4.78 is 32.4. The van der Waals surface area contributed by atoms with Crippen molar-refractivity contribution in [3.05, 3.63) is 58.1 Å². The molecule has 1 unspecified atom stereocenters. The number of hydrogen-bond donors (Lipinski definition) is 3. The monoisotopic (exact) mass is 486 g/mol. The average molecular weight is 487 g/mol. The molecule has 31 heavy (non-hydrogen) atoms. The number of aryl methyl sites for hydroxylation is 1. The van der Waals surface area contributed by atoms with E-state index in [9.17, 15) is 18.3 Å². The first-order chi connectivity index (χ1) is 14.7. The van der Waals surface area contributed by atoms with Gasteiger partial charge in [-0.05, 0) is 49.1 Å². The van der Waals surface area contributed by atoms with E-state index < -0.39 is 16.1 Å². The Morgan fingerprint density at radius 2 is 1.87 bits per heavy atom. The van der Waals surface area contributed by atoms with Gasteiger partial charge in [0.15, 0.2) is 0 Å². The predicted molar refractivity (Wildman–Crippen MR) is 119 cm³/mol. The predicted octanol–water partition coefficient (Wildman–Crippen LogP) is 2.92. The van der Waals surface area contributed by atoms with Crippen LogP contribution in [0.2, 0.25) is 10.0 Å². The van der Waals surface area contributed by atoms with Crippen LogP contribution in [0.1, 0.15) is 24.8 Å². The van der Waals surface area contributed by atoms with E-state index in [2.05, 4.69) is 10.0 Å². The maximum atomic E-state index is 12.2. The molecule has 0 radical (unpaired) electrons. The lowest BCUT2D eigenvalue weighted by atomic mass is 10.1. The average Bonchev–Trinajstić information content (AvgIpc) is 3.55. The van der Waals surface area contributed by atoms with Gasteiger partial charge >= 0.3 is 0 Å². The molecule has 1 amide bonds. The van der Waals surface area contributed by atoms with Crippen LogP contribution in [-0.2, 0) is 21.2 Å². The Kier molecular flexibility index (Phi) is 8.18. The van der Waals surface area contributed by atoms with E-state index in [4.69, 9.17) is 27.9 Å². The molecular formula is C21H24Cl2N2O5S. The SMILES string of the molecule is O=C(CCc1ccc(S(=O)(=O)NC2CC2)cc1)NCC(O)COc1cccc(Cl)c1Cl. The minimum Gasteiger partial charge on any atom is -0.489 e. The van der Waals surface area contributed by atoms with Gasteiger partial charge in [-0.25, -0.2) is 13.1 Å². The van der Waals surface area contributed by atoms with Crippen LogP contribution in [0.4, 0.5) is 0 Å². The van der Waals surface area contributed by atoms with E-state index >= 15 is 0 Å². The molecule has 1 saturated carbocycles. The van der Waals surface area contributed by atoms with Crippen LogP contribution in [0, 0.1) is 0 Å². The lowest BCUT2D eigenvalue weighted by molar-refractivity contribution is -0.121. The lowest BCUT2D eigenvalue weighted by Gasteiger charge is -2.14. The molecule has 0 saturated heterocycles. The van der Waals surface area contributed by atoms with E-state index in [-0.39, 0.29) is 41.4 Å². The van der Waals surface area contributed by atoms with Crippen LogP contribution < -0.4 is 14.8 Å². The standard InChI is InChI=1S/C21H24Cl2N2O5S/c22-18-2-1-3-19(21(18)23)30-13-16(26)12-24-20(27)11-6-14-4-9-17(10-5-14)31(28,29)25-15-7-8-15/h1-5,9-10,15-16,25-26H,6-8,11-13H2,(H,24,27). The molecule has 0 aliphatic heterocycles. The van der Waals surface area contributed by atoms with Crippen molar-refractivity contribution in [2.24, 2.45) is 0 Å². The van der Waals surface area contributed by atoms with Crippen LogP contribution in [0.15, 0.2) is 47.4 Å². The van der Waals surface area contributed by atoms with Gasteiger partial charge in [0.1, 0.15) is 23.5 Å². The van der Waals surface area contributed by atoms with Crippen LogP contribution >= 0.6 is 23.2 Å². The highest BCUT2D eigenvalue weighted by Gasteiger charge is 2.27. The molecule has 1 aliphatic rings. The highest BCUT2D eigenvalue weighted by molar-refractivity contribution is 7.89. The van der Waals surface area contributed by atoms with Gasteiger partial charge in [0.25, 0.3) is 0 Å². The van der Waals surface area contributed by atoms with Crippen LogP contribution in [0.25, 0.3) is 0 Å². The van der Waals surface area contributed by atoms with Crippen LogP contribution in [0.3, 0.4) is 0 Å². The van der Waals surface area contributed by atoms with Crippen molar-refractivity contribution in [2.75, 3.05) is 13.2 Å². The summed E-state index contributed by atoms with van der Waals surface area (Å²) in [6.07, 6.45) is 1.50. The molecular weight excluding hydrogens is 463 g/mol. The molecule has 1 atom stereocenters. The Morgan fingerprint density at radius 1 is 1.16 bits per heavy atom. The molecule has 0 heterocycles. The van der Waals surface area contributed by atoms with Crippen molar-refractivity contribution in [3.8, 4) is 5.75 Å². The van der Waals surface area contributed by atoms with Gasteiger partial charge in [0.05, 0.1) is 9.92 Å². The summed E-state index contributed by atoms with van der Waals surface area (Å²) in [7, 11) is -3.48. The smallest absolute Gasteiger partial charge is 0.240 e. The van der Waals surface area contributed by atoms with Crippen molar-refractivity contribution < 1.29 is 23.1 Å². The van der Waals surface area contributed by atoms with E-state index in [1.807, 2.05) is 0 Å². The Hall–Kier alpha value is -1.84. The molecule has 10 heteroatoms. The van der Waals surface area contributed by atoms with Crippen molar-refractivity contribution in [2.45, 2.75) is 42.7 Å². The Bertz CT molecular complexity index is 1010. The number of sulfonamides is 1. The molecule has 3 N–H and O–H groups in total. The topological polar surface area (TPSA) is 105 Å². The highest BCUT2D eigenvalue weighted by Crippen LogP contribution is 2.31. The van der Waals surface area contributed by atoms with E-state index in [1.54, 1.807) is 42.5 Å². The summed E-state index contributed by atoms with van der Waals surface area (Å²) in [4.78, 5) is 12.3. The second-order valence-electron chi connectivity index (χ2n) is 7.36. The highest BCUT2D eigenvalue weighted by atomic mass is 35.5. The zero-order valence-corrected chi connectivity index (χ0v) is 19.0. The number of carbonyl (C=O) groups excluding carboxylic acids is 1. The van der Waals surface area contributed by atoms with Crippen molar-refractivity contribution in [1.29, 1.82) is 0 Å². The number of aliphatic hydroxyl groups is 1. The molecule has 2 aromatic rings. The van der Waals surface area contributed by atoms with E-state index in [0.717, 1.165) is 18.4 Å². The summed E-state index contributed by atoms with van der Waals surface area (Å²) in [5.41, 5.74) is 0.847. The van der Waals surface area contributed by atoms with Gasteiger partial charge in [-0.3, -0.25) is 4.79 Å². The van der Waals surface area contributed by atoms with E-state index in [0.29, 0.717) is 17.2 Å². The quantitative estimate of drug-likeness (QED) is 0.452. The van der Waals surface area contributed by atoms with Gasteiger partial charge in [0, 0.05) is 19.0 Å². The minimum atomic E-state index is -3.48. The molecule has 3 rings (SSSR count). The molecule has 7 nitrogen and oxygen atoms in total. The molecule has 168 valence electrons. The second kappa shape index (κ2) is 10.7. The lowest BCUT2D eigenvalue weighted by Crippen LogP contribution is -2.35. The number of carbonyl (C=O) groups is 1. The first kappa shape index (κ1) is 23.8. The van der Waals surface area contributed by atoms with Crippen LogP contribution in [-0.4, -0.2) is 44.7 Å². The number of benzene rings is 2. The number of nitrogens with one attached hydrogen (secondary N) is 2. The first-order valence-electron chi connectivity index (χ1n) is 9.87. The zero-order valence-electron chi connectivity index (χ0n) is 16.7.